The number of nitrogen functional groups attached to an aromatic ring is 1. The number of allylic oxidation sites excluding steroid dienone is 1. The Kier molecular flexibility index (Phi) is 6.78. The van der Waals surface area contributed by atoms with Crippen LogP contribution in [0.1, 0.15) is 12.5 Å². The summed E-state index contributed by atoms with van der Waals surface area (Å²) in [4.78, 5) is 16.7. The van der Waals surface area contributed by atoms with Gasteiger partial charge in [-0.15, -0.1) is 10.2 Å². The number of nitrogens with zero attached hydrogens (tertiary/aromatic N) is 5. The standard InChI is InChI=1S/C21H20N8OS2/c1-14(11-12-15-7-3-2-4-8-15)25-26-19-27-28-21(29(19)22)31-13-18(30)24-20-23-16-9-5-6-10-17(16)32-20/h2-12H,13,22H2,1H3,(H,26,27)(H,23,24,30)/b12-11+,25-14+. The van der Waals surface area contributed by atoms with E-state index in [0.29, 0.717) is 10.3 Å². The molecule has 0 fully saturated rings. The topological polar surface area (TPSA) is 123 Å². The van der Waals surface area contributed by atoms with Crippen molar-refractivity contribution in [2.45, 2.75) is 12.1 Å². The molecule has 4 N–H and O–H groups in total. The highest BCUT2D eigenvalue weighted by Gasteiger charge is 2.13. The molecular formula is C21H20N8OS2. The molecule has 0 bridgehead atoms. The van der Waals surface area contributed by atoms with E-state index >= 15 is 0 Å². The first-order valence-electron chi connectivity index (χ1n) is 9.60. The summed E-state index contributed by atoms with van der Waals surface area (Å²) >= 11 is 2.60. The molecule has 9 nitrogen and oxygen atoms in total. The van der Waals surface area contributed by atoms with Crippen LogP contribution in [0.5, 0.6) is 0 Å². The smallest absolute Gasteiger partial charge is 0.264 e. The lowest BCUT2D eigenvalue weighted by Gasteiger charge is -2.03. The van der Waals surface area contributed by atoms with Crippen molar-refractivity contribution in [3.8, 4) is 0 Å². The van der Waals surface area contributed by atoms with E-state index in [-0.39, 0.29) is 17.6 Å². The van der Waals surface area contributed by atoms with Crippen LogP contribution in [0.15, 0.2) is 70.9 Å². The van der Waals surface area contributed by atoms with Gasteiger partial charge in [0.1, 0.15) is 0 Å². The predicted molar refractivity (Wildman–Crippen MR) is 131 cm³/mol. The molecule has 0 radical (unpaired) electrons. The summed E-state index contributed by atoms with van der Waals surface area (Å²) in [5.74, 6) is 6.21. The van der Waals surface area contributed by atoms with Gasteiger partial charge in [-0.1, -0.05) is 71.6 Å². The Balaban J connectivity index is 1.30. The number of fused-ring (bicyclic) bond motifs is 1. The van der Waals surface area contributed by atoms with Crippen molar-refractivity contribution >= 4 is 62.1 Å². The fourth-order valence-corrected chi connectivity index (χ4v) is 4.16. The zero-order chi connectivity index (χ0) is 22.3. The Morgan fingerprint density at radius 3 is 2.78 bits per heavy atom. The van der Waals surface area contributed by atoms with Crippen molar-refractivity contribution < 1.29 is 4.79 Å². The van der Waals surface area contributed by atoms with Crippen LogP contribution in [0.4, 0.5) is 11.1 Å². The fraction of sp³-hybridized carbons (Fsp3) is 0.0952. The number of carbonyl (C=O) groups excluding carboxylic acids is 1. The Hall–Kier alpha value is -3.70. The van der Waals surface area contributed by atoms with E-state index < -0.39 is 0 Å². The van der Waals surface area contributed by atoms with Gasteiger partial charge in [-0.3, -0.25) is 4.79 Å². The first kappa shape index (κ1) is 21.5. The second-order valence-corrected chi connectivity index (χ2v) is 8.58. The molecule has 0 aliphatic carbocycles. The van der Waals surface area contributed by atoms with Gasteiger partial charge in [0.25, 0.3) is 5.95 Å². The Labute approximate surface area is 192 Å². The average Bonchev–Trinajstić information content (AvgIpc) is 3.37. The number of para-hydroxylation sites is 1. The van der Waals surface area contributed by atoms with Crippen molar-refractivity contribution in [2.24, 2.45) is 5.10 Å². The summed E-state index contributed by atoms with van der Waals surface area (Å²) in [6.07, 6.45) is 3.83. The van der Waals surface area contributed by atoms with E-state index in [1.807, 2.05) is 73.7 Å². The number of carbonyl (C=O) groups is 1. The number of thiazole rings is 1. The quantitative estimate of drug-likeness (QED) is 0.157. The van der Waals surface area contributed by atoms with Gasteiger partial charge in [-0.2, -0.15) is 5.10 Å². The molecule has 11 heteroatoms. The van der Waals surface area contributed by atoms with Crippen LogP contribution in [-0.2, 0) is 4.79 Å². The molecule has 1 amide bonds. The first-order chi connectivity index (χ1) is 15.6. The van der Waals surface area contributed by atoms with Crippen molar-refractivity contribution in [2.75, 3.05) is 22.3 Å². The Morgan fingerprint density at radius 1 is 1.19 bits per heavy atom. The Bertz CT molecular complexity index is 1250. The minimum Gasteiger partial charge on any atom is -0.334 e. The van der Waals surface area contributed by atoms with Gasteiger partial charge in [0.05, 0.1) is 21.7 Å². The number of nitrogens with two attached hydrogens (primary N) is 1. The van der Waals surface area contributed by atoms with Gasteiger partial charge >= 0.3 is 0 Å². The molecule has 0 aliphatic rings. The molecule has 2 aromatic heterocycles. The zero-order valence-electron chi connectivity index (χ0n) is 17.1. The van der Waals surface area contributed by atoms with Gasteiger partial charge in [-0.25, -0.2) is 15.1 Å². The summed E-state index contributed by atoms with van der Waals surface area (Å²) in [5, 5.41) is 16.0. The van der Waals surface area contributed by atoms with Gasteiger partial charge in [0.2, 0.25) is 11.1 Å². The molecule has 4 rings (SSSR count). The molecule has 2 aromatic carbocycles. The summed E-state index contributed by atoms with van der Waals surface area (Å²) in [7, 11) is 0. The van der Waals surface area contributed by atoms with E-state index in [1.165, 1.54) is 27.8 Å². The maximum absolute atomic E-state index is 12.3. The summed E-state index contributed by atoms with van der Waals surface area (Å²) in [6.45, 7) is 1.85. The van der Waals surface area contributed by atoms with E-state index in [9.17, 15) is 4.79 Å². The number of anilines is 2. The summed E-state index contributed by atoms with van der Waals surface area (Å²) in [5.41, 5.74) is 5.46. The number of amides is 1. The zero-order valence-corrected chi connectivity index (χ0v) is 18.7. The van der Waals surface area contributed by atoms with Crippen molar-refractivity contribution in [1.29, 1.82) is 0 Å². The van der Waals surface area contributed by atoms with Crippen LogP contribution in [0.2, 0.25) is 0 Å². The lowest BCUT2D eigenvalue weighted by molar-refractivity contribution is -0.113. The third-order valence-corrected chi connectivity index (χ3v) is 6.08. The largest absolute Gasteiger partial charge is 0.334 e. The number of benzene rings is 2. The highest BCUT2D eigenvalue weighted by Crippen LogP contribution is 2.25. The molecule has 0 saturated carbocycles. The maximum Gasteiger partial charge on any atom is 0.264 e. The molecule has 32 heavy (non-hydrogen) atoms. The van der Waals surface area contributed by atoms with E-state index in [2.05, 4.69) is 31.0 Å². The van der Waals surface area contributed by atoms with Crippen molar-refractivity contribution in [3.05, 3.63) is 66.2 Å². The highest BCUT2D eigenvalue weighted by molar-refractivity contribution is 7.99. The van der Waals surface area contributed by atoms with E-state index in [4.69, 9.17) is 5.84 Å². The molecular weight excluding hydrogens is 444 g/mol. The molecule has 0 atom stereocenters. The van der Waals surface area contributed by atoms with Gasteiger partial charge in [-0.05, 0) is 30.7 Å². The monoisotopic (exact) mass is 464 g/mol. The Morgan fingerprint density at radius 2 is 1.97 bits per heavy atom. The number of hydrazone groups is 1. The van der Waals surface area contributed by atoms with Crippen molar-refractivity contribution in [3.63, 3.8) is 0 Å². The number of nitrogens with one attached hydrogen (secondary N) is 2. The average molecular weight is 465 g/mol. The number of thioether (sulfide) groups is 1. The van der Waals surface area contributed by atoms with E-state index in [0.717, 1.165) is 21.5 Å². The third kappa shape index (κ3) is 5.50. The predicted octanol–water partition coefficient (Wildman–Crippen LogP) is 3.83. The minimum absolute atomic E-state index is 0.118. The normalized spacial score (nSPS) is 11.8. The number of hydrogen-bond acceptors (Lipinski definition) is 9. The minimum atomic E-state index is -0.202. The molecule has 4 aromatic rings. The molecule has 0 aliphatic heterocycles. The maximum atomic E-state index is 12.3. The SMILES string of the molecule is CC(/C=C/c1ccccc1)=N\Nc1nnc(SCC(=O)Nc2nc3ccccc3s2)n1N. The lowest BCUT2D eigenvalue weighted by atomic mass is 10.2. The van der Waals surface area contributed by atoms with Gasteiger partial charge in [0.15, 0.2) is 5.13 Å². The fourth-order valence-electron chi connectivity index (χ4n) is 2.62. The second-order valence-electron chi connectivity index (χ2n) is 6.61. The first-order valence-corrected chi connectivity index (χ1v) is 11.4. The lowest BCUT2D eigenvalue weighted by Crippen LogP contribution is -2.16. The van der Waals surface area contributed by atoms with Crippen LogP contribution in [-0.4, -0.2) is 37.2 Å². The summed E-state index contributed by atoms with van der Waals surface area (Å²) < 4.78 is 2.27. The van der Waals surface area contributed by atoms with Crippen LogP contribution < -0.4 is 16.6 Å². The van der Waals surface area contributed by atoms with Gasteiger partial charge in [0, 0.05) is 0 Å². The number of hydrogen-bond donors (Lipinski definition) is 3. The molecule has 162 valence electrons. The molecule has 2 heterocycles. The van der Waals surface area contributed by atoms with Crippen LogP contribution >= 0.6 is 23.1 Å². The molecule has 0 spiro atoms. The number of aromatic nitrogens is 4. The second kappa shape index (κ2) is 10.1. The molecule has 0 saturated heterocycles. The third-order valence-electron chi connectivity index (χ3n) is 4.19. The van der Waals surface area contributed by atoms with E-state index in [1.54, 1.807) is 0 Å². The molecule has 0 unspecified atom stereocenters. The highest BCUT2D eigenvalue weighted by atomic mass is 32.2. The van der Waals surface area contributed by atoms with Crippen LogP contribution in [0.3, 0.4) is 0 Å². The van der Waals surface area contributed by atoms with Crippen LogP contribution in [0.25, 0.3) is 16.3 Å². The van der Waals surface area contributed by atoms with Crippen molar-refractivity contribution in [1.82, 2.24) is 19.9 Å². The number of rotatable bonds is 8. The van der Waals surface area contributed by atoms with Crippen LogP contribution in [0, 0.1) is 0 Å². The van der Waals surface area contributed by atoms with Gasteiger partial charge < -0.3 is 11.2 Å². The summed E-state index contributed by atoms with van der Waals surface area (Å²) in [6, 6.07) is 17.6.